The van der Waals surface area contributed by atoms with Crippen molar-refractivity contribution in [1.29, 1.82) is 0 Å². The lowest BCUT2D eigenvalue weighted by molar-refractivity contribution is -0.157. The number of carbonyl (C=O) groups excluding carboxylic acids is 1. The summed E-state index contributed by atoms with van der Waals surface area (Å²) in [6.07, 6.45) is 0.525. The molecule has 0 aliphatic carbocycles. The summed E-state index contributed by atoms with van der Waals surface area (Å²) in [5.41, 5.74) is -0.595. The summed E-state index contributed by atoms with van der Waals surface area (Å²) >= 11 is 0. The molecule has 0 aromatic heterocycles. The second-order valence-electron chi connectivity index (χ2n) is 5.45. The third-order valence-electron chi connectivity index (χ3n) is 2.71. The lowest BCUT2D eigenvalue weighted by Gasteiger charge is -2.41. The molecule has 0 spiro atoms. The highest BCUT2D eigenvalue weighted by Crippen LogP contribution is 2.33. The fraction of sp³-hybridized carbons (Fsp3) is 0.909. The molecule has 1 heterocycles. The first kappa shape index (κ1) is 11.7. The lowest BCUT2D eigenvalue weighted by atomic mass is 9.78. The Labute approximate surface area is 86.4 Å². The molecule has 1 aliphatic rings. The van der Waals surface area contributed by atoms with E-state index in [9.17, 15) is 4.79 Å². The van der Waals surface area contributed by atoms with Crippen molar-refractivity contribution in [2.24, 2.45) is 5.41 Å². The van der Waals surface area contributed by atoms with E-state index in [1.807, 2.05) is 39.8 Å². The zero-order chi connectivity index (χ0) is 11.0. The molecule has 1 atom stereocenters. The van der Waals surface area contributed by atoms with Gasteiger partial charge in [0.25, 0.3) is 0 Å². The van der Waals surface area contributed by atoms with E-state index in [2.05, 4.69) is 0 Å². The number of ketones is 1. The molecule has 82 valence electrons. The number of hydrogen-bond acceptors (Lipinski definition) is 3. The van der Waals surface area contributed by atoms with Gasteiger partial charge in [0.05, 0.1) is 17.6 Å². The fourth-order valence-electron chi connectivity index (χ4n) is 1.92. The molecule has 1 saturated heterocycles. The molecule has 3 heteroatoms. The Morgan fingerprint density at radius 2 is 1.93 bits per heavy atom. The number of ether oxygens (including phenoxy) is 1. The van der Waals surface area contributed by atoms with Gasteiger partial charge in [0.15, 0.2) is 0 Å². The van der Waals surface area contributed by atoms with Gasteiger partial charge in [-0.1, -0.05) is 0 Å². The maximum atomic E-state index is 12.0. The summed E-state index contributed by atoms with van der Waals surface area (Å²) in [5, 5.41) is 0. The first-order chi connectivity index (χ1) is 6.25. The van der Waals surface area contributed by atoms with Crippen LogP contribution in [0.15, 0.2) is 0 Å². The van der Waals surface area contributed by atoms with Gasteiger partial charge in [-0.25, -0.2) is 0 Å². The minimum absolute atomic E-state index is 0.275. The topological polar surface area (TPSA) is 29.5 Å². The number of hydrogen-bond donors (Lipinski definition) is 0. The molecule has 0 amide bonds. The number of carbonyl (C=O) groups is 1. The molecule has 0 aromatic rings. The van der Waals surface area contributed by atoms with Crippen LogP contribution in [-0.4, -0.2) is 43.5 Å². The van der Waals surface area contributed by atoms with E-state index >= 15 is 0 Å². The molecule has 0 saturated carbocycles. The summed E-state index contributed by atoms with van der Waals surface area (Å²) in [6.45, 7) is 7.24. The van der Waals surface area contributed by atoms with Gasteiger partial charge in [0.2, 0.25) is 0 Å². The number of Topliss-reactive ketones (excluding diaryl/α,β-unsaturated/α-hetero) is 1. The Morgan fingerprint density at radius 3 is 2.36 bits per heavy atom. The lowest BCUT2D eigenvalue weighted by Crippen LogP contribution is -2.50. The van der Waals surface area contributed by atoms with E-state index in [4.69, 9.17) is 4.74 Å². The van der Waals surface area contributed by atoms with Gasteiger partial charge in [-0.3, -0.25) is 4.79 Å². The van der Waals surface area contributed by atoms with Crippen LogP contribution in [0.4, 0.5) is 0 Å². The maximum absolute atomic E-state index is 12.0. The van der Waals surface area contributed by atoms with Crippen LogP contribution in [-0.2, 0) is 9.53 Å². The van der Waals surface area contributed by atoms with Crippen LogP contribution in [0, 0.1) is 5.41 Å². The van der Waals surface area contributed by atoms with E-state index in [1.165, 1.54) is 0 Å². The van der Waals surface area contributed by atoms with Crippen molar-refractivity contribution in [2.45, 2.75) is 32.8 Å². The zero-order valence-electron chi connectivity index (χ0n) is 9.89. The van der Waals surface area contributed by atoms with Crippen molar-refractivity contribution in [3.8, 4) is 0 Å². The van der Waals surface area contributed by atoms with Crippen LogP contribution in [0.2, 0.25) is 0 Å². The Hall–Kier alpha value is -0.410. The Morgan fingerprint density at radius 1 is 1.36 bits per heavy atom. The summed E-state index contributed by atoms with van der Waals surface area (Å²) in [5.74, 6) is 0.322. The highest BCUT2D eigenvalue weighted by atomic mass is 16.5. The molecule has 1 unspecified atom stereocenters. The molecule has 14 heavy (non-hydrogen) atoms. The summed E-state index contributed by atoms with van der Waals surface area (Å²) < 4.78 is 5.70. The molecule has 0 aromatic carbocycles. The average molecular weight is 199 g/mol. The van der Waals surface area contributed by atoms with Crippen molar-refractivity contribution in [3.05, 3.63) is 0 Å². The van der Waals surface area contributed by atoms with Gasteiger partial charge in [0, 0.05) is 13.0 Å². The minimum atomic E-state index is -0.320. The van der Waals surface area contributed by atoms with E-state index in [0.717, 1.165) is 6.54 Å². The normalized spacial score (nSPS) is 32.3. The molecule has 3 nitrogen and oxygen atoms in total. The van der Waals surface area contributed by atoms with Gasteiger partial charge in [-0.2, -0.15) is 0 Å². The van der Waals surface area contributed by atoms with E-state index < -0.39 is 0 Å². The molecule has 0 N–H and O–H groups in total. The second kappa shape index (κ2) is 3.63. The van der Waals surface area contributed by atoms with Gasteiger partial charge in [0.1, 0.15) is 5.78 Å². The quantitative estimate of drug-likeness (QED) is 0.672. The van der Waals surface area contributed by atoms with E-state index in [-0.39, 0.29) is 11.0 Å². The third-order valence-corrected chi connectivity index (χ3v) is 2.71. The number of nitrogens with zero attached hydrogens (tertiary/aromatic N) is 1. The van der Waals surface area contributed by atoms with Gasteiger partial charge < -0.3 is 9.64 Å². The zero-order valence-corrected chi connectivity index (χ0v) is 9.89. The van der Waals surface area contributed by atoms with E-state index in [1.54, 1.807) is 0 Å². The largest absolute Gasteiger partial charge is 0.374 e. The molecule has 1 fully saturated rings. The van der Waals surface area contributed by atoms with Crippen LogP contribution in [0.3, 0.4) is 0 Å². The average Bonchev–Trinajstić information content (AvgIpc) is 1.97. The summed E-state index contributed by atoms with van der Waals surface area (Å²) in [6, 6.07) is 0. The second-order valence-corrected chi connectivity index (χ2v) is 5.45. The summed E-state index contributed by atoms with van der Waals surface area (Å²) in [7, 11) is 3.97. The fourth-order valence-corrected chi connectivity index (χ4v) is 1.92. The van der Waals surface area contributed by atoms with Crippen molar-refractivity contribution < 1.29 is 9.53 Å². The van der Waals surface area contributed by atoms with Crippen molar-refractivity contribution in [1.82, 2.24) is 4.90 Å². The molecule has 0 bridgehead atoms. The Balaban J connectivity index is 2.70. The smallest absolute Gasteiger partial charge is 0.145 e. The third kappa shape index (κ3) is 2.55. The van der Waals surface area contributed by atoms with Crippen LogP contribution < -0.4 is 0 Å². The van der Waals surface area contributed by atoms with Crippen molar-refractivity contribution in [2.75, 3.05) is 27.2 Å². The Kier molecular flexibility index (Phi) is 3.02. The van der Waals surface area contributed by atoms with Gasteiger partial charge in [-0.15, -0.1) is 0 Å². The van der Waals surface area contributed by atoms with Crippen LogP contribution in [0.5, 0.6) is 0 Å². The Bertz CT molecular complexity index is 235. The first-order valence-electron chi connectivity index (χ1n) is 5.07. The monoisotopic (exact) mass is 199 g/mol. The van der Waals surface area contributed by atoms with Gasteiger partial charge in [-0.05, 0) is 34.9 Å². The minimum Gasteiger partial charge on any atom is -0.374 e. The SMILES string of the molecule is CN(C)CC1(C)COC(C)(C)CC1=O. The standard InChI is InChI=1S/C11H21NO2/c1-10(2)6-9(13)11(3,8-14-10)7-12(4)5/h6-8H2,1-5H3. The maximum Gasteiger partial charge on any atom is 0.145 e. The van der Waals surface area contributed by atoms with Crippen molar-refractivity contribution in [3.63, 3.8) is 0 Å². The molecule has 0 radical (unpaired) electrons. The molecular formula is C11H21NO2. The van der Waals surface area contributed by atoms with Crippen molar-refractivity contribution >= 4 is 5.78 Å². The van der Waals surface area contributed by atoms with Crippen LogP contribution in [0.1, 0.15) is 27.2 Å². The van der Waals surface area contributed by atoms with Crippen LogP contribution in [0.25, 0.3) is 0 Å². The molecule has 1 aliphatic heterocycles. The predicted molar refractivity (Wildman–Crippen MR) is 56.3 cm³/mol. The predicted octanol–water partition coefficient (Wildman–Crippen LogP) is 1.32. The molecular weight excluding hydrogens is 178 g/mol. The van der Waals surface area contributed by atoms with Gasteiger partial charge >= 0.3 is 0 Å². The highest BCUT2D eigenvalue weighted by Gasteiger charge is 2.42. The highest BCUT2D eigenvalue weighted by molar-refractivity contribution is 5.86. The van der Waals surface area contributed by atoms with Crippen LogP contribution >= 0.6 is 0 Å². The number of rotatable bonds is 2. The first-order valence-corrected chi connectivity index (χ1v) is 5.07. The van der Waals surface area contributed by atoms with E-state index in [0.29, 0.717) is 18.8 Å². The molecule has 1 rings (SSSR count). The summed E-state index contributed by atoms with van der Waals surface area (Å²) in [4.78, 5) is 14.0.